The van der Waals surface area contributed by atoms with Gasteiger partial charge in [0.15, 0.2) is 6.29 Å². The lowest BCUT2D eigenvalue weighted by molar-refractivity contribution is -0.189. The highest BCUT2D eigenvalue weighted by Gasteiger charge is 2.20. The van der Waals surface area contributed by atoms with E-state index < -0.39 is 0 Å². The Hall–Kier alpha value is -0.340. The molecule has 1 unspecified atom stereocenters. The molecule has 1 atom stereocenters. The van der Waals surface area contributed by atoms with Crippen molar-refractivity contribution >= 4 is 0 Å². The molecule has 2 heteroatoms. The van der Waals surface area contributed by atoms with Gasteiger partial charge < -0.3 is 9.47 Å². The molecule has 78 valence electrons. The van der Waals surface area contributed by atoms with E-state index in [1.165, 1.54) is 0 Å². The summed E-state index contributed by atoms with van der Waals surface area (Å²) in [5.41, 5.74) is 0.710. The summed E-state index contributed by atoms with van der Waals surface area (Å²) >= 11 is 0. The zero-order valence-electron chi connectivity index (χ0n) is 9.68. The van der Waals surface area contributed by atoms with Gasteiger partial charge in [0, 0.05) is 0 Å². The van der Waals surface area contributed by atoms with Crippen LogP contribution >= 0.6 is 0 Å². The second-order valence-corrected chi connectivity index (χ2v) is 4.59. The summed E-state index contributed by atoms with van der Waals surface area (Å²) in [6.07, 6.45) is -0.135. The highest BCUT2D eigenvalue weighted by molar-refractivity contribution is 4.94. The van der Waals surface area contributed by atoms with Crippen LogP contribution in [0, 0.1) is 0 Å². The Balaban J connectivity index is 4.19. The highest BCUT2D eigenvalue weighted by Crippen LogP contribution is 2.17. The first-order chi connectivity index (χ1) is 5.72. The zero-order valence-corrected chi connectivity index (χ0v) is 9.68. The van der Waals surface area contributed by atoms with Crippen LogP contribution in [0.3, 0.4) is 0 Å². The topological polar surface area (TPSA) is 18.5 Å². The second kappa shape index (κ2) is 4.77. The molecule has 0 saturated heterocycles. The molecular formula is C11H22O2. The predicted molar refractivity (Wildman–Crippen MR) is 55.7 cm³/mol. The van der Waals surface area contributed by atoms with Gasteiger partial charge in [0.1, 0.15) is 0 Å². The molecule has 2 nitrogen and oxygen atoms in total. The first-order valence-corrected chi connectivity index (χ1v) is 4.71. The molecule has 0 fully saturated rings. The smallest absolute Gasteiger partial charge is 0.180 e. The number of ether oxygens (including phenoxy) is 2. The fourth-order valence-electron chi connectivity index (χ4n) is 0.813. The Morgan fingerprint density at radius 3 is 1.92 bits per heavy atom. The summed E-state index contributed by atoms with van der Waals surface area (Å²) in [6, 6.07) is 0. The summed E-state index contributed by atoms with van der Waals surface area (Å²) < 4.78 is 11.3. The largest absolute Gasteiger partial charge is 0.346 e. The van der Waals surface area contributed by atoms with Crippen LogP contribution in [-0.2, 0) is 9.47 Å². The minimum absolute atomic E-state index is 0.157. The van der Waals surface area contributed by atoms with Gasteiger partial charge in [-0.2, -0.15) is 0 Å². The molecule has 0 aromatic carbocycles. The van der Waals surface area contributed by atoms with E-state index >= 15 is 0 Å². The van der Waals surface area contributed by atoms with Crippen LogP contribution in [0.5, 0.6) is 0 Å². The maximum Gasteiger partial charge on any atom is 0.180 e. The average Bonchev–Trinajstić information content (AvgIpc) is 1.81. The van der Waals surface area contributed by atoms with Crippen LogP contribution in [0.4, 0.5) is 0 Å². The first kappa shape index (κ1) is 12.7. The van der Waals surface area contributed by atoms with Gasteiger partial charge in [-0.3, -0.25) is 0 Å². The third kappa shape index (κ3) is 6.79. The van der Waals surface area contributed by atoms with Gasteiger partial charge in [-0.05, 0) is 47.1 Å². The maximum absolute atomic E-state index is 5.69. The minimum atomic E-state index is -0.292. The van der Waals surface area contributed by atoms with E-state index in [2.05, 4.69) is 6.58 Å². The van der Waals surface area contributed by atoms with Crippen LogP contribution in [0.2, 0.25) is 0 Å². The summed E-state index contributed by atoms with van der Waals surface area (Å²) in [5.74, 6) is 0. The summed E-state index contributed by atoms with van der Waals surface area (Å²) in [7, 11) is 0. The molecule has 0 aliphatic rings. The Labute approximate surface area is 81.9 Å². The Kier molecular flexibility index (Phi) is 4.65. The van der Waals surface area contributed by atoms with Crippen molar-refractivity contribution in [2.75, 3.05) is 0 Å². The molecule has 0 aliphatic heterocycles. The van der Waals surface area contributed by atoms with E-state index in [1.54, 1.807) is 0 Å². The van der Waals surface area contributed by atoms with Gasteiger partial charge >= 0.3 is 0 Å². The number of hydrogen-bond donors (Lipinski definition) is 0. The lowest BCUT2D eigenvalue weighted by atomic mass is 10.2. The average molecular weight is 186 g/mol. The van der Waals surface area contributed by atoms with E-state index in [4.69, 9.17) is 9.47 Å². The van der Waals surface area contributed by atoms with Crippen LogP contribution in [0.25, 0.3) is 0 Å². The standard InChI is InChI=1S/C11H22O2/c1-8(2)10(12-9(3)4)13-11(5,6)7/h9-10H,1H2,2-7H3. The van der Waals surface area contributed by atoms with E-state index in [1.807, 2.05) is 41.5 Å². The van der Waals surface area contributed by atoms with Crippen molar-refractivity contribution < 1.29 is 9.47 Å². The normalized spacial score (nSPS) is 14.7. The third-order valence-electron chi connectivity index (χ3n) is 1.26. The highest BCUT2D eigenvalue weighted by atomic mass is 16.7. The van der Waals surface area contributed by atoms with Crippen molar-refractivity contribution in [2.24, 2.45) is 0 Å². The first-order valence-electron chi connectivity index (χ1n) is 4.71. The fraction of sp³-hybridized carbons (Fsp3) is 0.818. The molecule has 0 bridgehead atoms. The Bertz CT molecular complexity index is 165. The summed E-state index contributed by atoms with van der Waals surface area (Å²) in [6.45, 7) is 15.8. The molecule has 0 saturated carbocycles. The van der Waals surface area contributed by atoms with Gasteiger partial charge in [-0.1, -0.05) is 6.58 Å². The number of hydrogen-bond acceptors (Lipinski definition) is 2. The van der Waals surface area contributed by atoms with Crippen molar-refractivity contribution in [2.45, 2.75) is 59.5 Å². The fourth-order valence-corrected chi connectivity index (χ4v) is 0.813. The minimum Gasteiger partial charge on any atom is -0.346 e. The molecule has 0 rings (SSSR count). The van der Waals surface area contributed by atoms with E-state index in [-0.39, 0.29) is 18.0 Å². The molecule has 0 heterocycles. The Morgan fingerprint density at radius 2 is 1.69 bits per heavy atom. The molecule has 0 aliphatic carbocycles. The van der Waals surface area contributed by atoms with Crippen LogP contribution in [0.1, 0.15) is 41.5 Å². The van der Waals surface area contributed by atoms with Crippen molar-refractivity contribution in [3.8, 4) is 0 Å². The van der Waals surface area contributed by atoms with Gasteiger partial charge in [-0.15, -0.1) is 0 Å². The number of rotatable bonds is 4. The van der Waals surface area contributed by atoms with Crippen molar-refractivity contribution in [3.05, 3.63) is 12.2 Å². The second-order valence-electron chi connectivity index (χ2n) is 4.59. The van der Waals surface area contributed by atoms with Crippen molar-refractivity contribution in [3.63, 3.8) is 0 Å². The molecule has 0 aromatic rings. The van der Waals surface area contributed by atoms with Crippen LogP contribution in [0.15, 0.2) is 12.2 Å². The van der Waals surface area contributed by atoms with Crippen LogP contribution < -0.4 is 0 Å². The van der Waals surface area contributed by atoms with Gasteiger partial charge in [0.05, 0.1) is 11.7 Å². The van der Waals surface area contributed by atoms with E-state index in [9.17, 15) is 0 Å². The third-order valence-corrected chi connectivity index (χ3v) is 1.26. The Morgan fingerprint density at radius 1 is 1.23 bits per heavy atom. The molecule has 0 radical (unpaired) electrons. The van der Waals surface area contributed by atoms with Crippen molar-refractivity contribution in [1.29, 1.82) is 0 Å². The molecule has 0 spiro atoms. The summed E-state index contributed by atoms with van der Waals surface area (Å²) in [4.78, 5) is 0. The molecule has 0 N–H and O–H groups in total. The molecular weight excluding hydrogens is 164 g/mol. The van der Waals surface area contributed by atoms with Gasteiger partial charge in [0.2, 0.25) is 0 Å². The van der Waals surface area contributed by atoms with Gasteiger partial charge in [0.25, 0.3) is 0 Å². The molecule has 0 aromatic heterocycles. The van der Waals surface area contributed by atoms with E-state index in [0.29, 0.717) is 0 Å². The quantitative estimate of drug-likeness (QED) is 0.496. The lowest BCUT2D eigenvalue weighted by Crippen LogP contribution is -2.31. The molecule has 0 amide bonds. The maximum atomic E-state index is 5.69. The van der Waals surface area contributed by atoms with Gasteiger partial charge in [-0.25, -0.2) is 0 Å². The zero-order chi connectivity index (χ0) is 10.6. The molecule has 13 heavy (non-hydrogen) atoms. The van der Waals surface area contributed by atoms with E-state index in [0.717, 1.165) is 5.57 Å². The van der Waals surface area contributed by atoms with Crippen LogP contribution in [-0.4, -0.2) is 18.0 Å². The lowest BCUT2D eigenvalue weighted by Gasteiger charge is -2.29. The summed E-state index contributed by atoms with van der Waals surface area (Å²) in [5, 5.41) is 0. The van der Waals surface area contributed by atoms with Crippen molar-refractivity contribution in [1.82, 2.24) is 0 Å². The predicted octanol–water partition coefficient (Wildman–Crippen LogP) is 3.13. The monoisotopic (exact) mass is 186 g/mol. The SMILES string of the molecule is C=C(C)C(OC(C)C)OC(C)(C)C.